The Bertz CT molecular complexity index is 519. The highest BCUT2D eigenvalue weighted by Crippen LogP contribution is 2.27. The Morgan fingerprint density at radius 3 is 2.23 bits per heavy atom. The van der Waals surface area contributed by atoms with Crippen LogP contribution in [0.1, 0.15) is 44.9 Å². The fourth-order valence-corrected chi connectivity index (χ4v) is 2.69. The summed E-state index contributed by atoms with van der Waals surface area (Å²) >= 11 is 0. The molecule has 0 saturated heterocycles. The molecule has 0 heterocycles. The van der Waals surface area contributed by atoms with Crippen molar-refractivity contribution >= 4 is 11.6 Å². The smallest absolute Gasteiger partial charge is 0.238 e. The van der Waals surface area contributed by atoms with E-state index >= 15 is 0 Å². The normalized spacial score (nSPS) is 15.6. The van der Waals surface area contributed by atoms with Crippen LogP contribution in [-0.2, 0) is 4.79 Å². The van der Waals surface area contributed by atoms with E-state index in [0.29, 0.717) is 12.3 Å². The minimum Gasteiger partial charge on any atom is -0.293 e. The minimum atomic E-state index is -1.58. The zero-order chi connectivity index (χ0) is 16.1. The molecule has 22 heavy (non-hydrogen) atoms. The Morgan fingerprint density at radius 2 is 1.64 bits per heavy atom. The molecule has 0 aromatic heterocycles. The zero-order valence-corrected chi connectivity index (χ0v) is 12.0. The van der Waals surface area contributed by atoms with Crippen molar-refractivity contribution in [2.24, 2.45) is 5.92 Å². The lowest BCUT2D eigenvalue weighted by atomic mass is 9.86. The van der Waals surface area contributed by atoms with E-state index < -0.39 is 34.9 Å². The number of carbonyl (C=O) groups excluding carboxylic acids is 1. The molecule has 0 unspecified atom stereocenters. The summed E-state index contributed by atoms with van der Waals surface area (Å²) in [6, 6.07) is 0.112. The van der Waals surface area contributed by atoms with Gasteiger partial charge in [0.15, 0.2) is 23.3 Å². The monoisotopic (exact) mass is 318 g/mol. The van der Waals surface area contributed by atoms with Crippen molar-refractivity contribution in [3.05, 3.63) is 29.3 Å². The maximum absolute atomic E-state index is 13.4. The molecule has 1 fully saturated rings. The molecule has 0 spiro atoms. The van der Waals surface area contributed by atoms with Gasteiger partial charge in [0.2, 0.25) is 5.91 Å². The molecule has 1 aliphatic carbocycles. The van der Waals surface area contributed by atoms with E-state index in [0.717, 1.165) is 25.7 Å². The van der Waals surface area contributed by atoms with Gasteiger partial charge in [-0.05, 0) is 12.3 Å². The Hall–Kier alpha value is -1.79. The van der Waals surface area contributed by atoms with E-state index in [4.69, 9.17) is 0 Å². The fraction of sp³-hybridized carbons (Fsp3) is 0.533. The number of nitrogens with one attached hydrogen (secondary N) is 2. The third-order valence-electron chi connectivity index (χ3n) is 3.94. The summed E-state index contributed by atoms with van der Waals surface area (Å²) in [5.74, 6) is -6.21. The standard InChI is InChI=1S/C15H18F4N2O/c16-10-8-11(17)14(19)15(13(10)18)21-20-12(22)7-6-9-4-2-1-3-5-9/h8-9,21H,1-7H2,(H,20,22). The van der Waals surface area contributed by atoms with E-state index in [2.05, 4.69) is 5.43 Å². The van der Waals surface area contributed by atoms with Gasteiger partial charge in [-0.25, -0.2) is 17.6 Å². The molecule has 3 nitrogen and oxygen atoms in total. The first-order chi connectivity index (χ1) is 10.5. The summed E-state index contributed by atoms with van der Waals surface area (Å²) in [4.78, 5) is 11.6. The SMILES string of the molecule is O=C(CCC1CCCCC1)NNc1c(F)c(F)cc(F)c1F. The van der Waals surface area contributed by atoms with Gasteiger partial charge in [0, 0.05) is 12.5 Å². The quantitative estimate of drug-likeness (QED) is 0.488. The number of hydrogen-bond donors (Lipinski definition) is 2. The second kappa shape index (κ2) is 7.47. The predicted molar refractivity (Wildman–Crippen MR) is 73.8 cm³/mol. The number of carbonyl (C=O) groups is 1. The molecule has 0 atom stereocenters. The van der Waals surface area contributed by atoms with Gasteiger partial charge >= 0.3 is 0 Å². The largest absolute Gasteiger partial charge is 0.293 e. The van der Waals surface area contributed by atoms with Crippen LogP contribution in [0.25, 0.3) is 0 Å². The third kappa shape index (κ3) is 4.11. The highest BCUT2D eigenvalue weighted by atomic mass is 19.2. The van der Waals surface area contributed by atoms with Crippen molar-refractivity contribution in [2.45, 2.75) is 44.9 Å². The molecular weight excluding hydrogens is 300 g/mol. The first kappa shape index (κ1) is 16.6. The van der Waals surface area contributed by atoms with Crippen LogP contribution in [0.2, 0.25) is 0 Å². The summed E-state index contributed by atoms with van der Waals surface area (Å²) in [6.45, 7) is 0. The third-order valence-corrected chi connectivity index (χ3v) is 3.94. The van der Waals surface area contributed by atoms with Crippen molar-refractivity contribution in [1.29, 1.82) is 0 Å². The van der Waals surface area contributed by atoms with Crippen LogP contribution in [0.4, 0.5) is 23.2 Å². The van der Waals surface area contributed by atoms with Crippen LogP contribution >= 0.6 is 0 Å². The molecule has 1 saturated carbocycles. The lowest BCUT2D eigenvalue weighted by Crippen LogP contribution is -2.31. The number of rotatable bonds is 5. The summed E-state index contributed by atoms with van der Waals surface area (Å²) in [6.07, 6.45) is 6.58. The minimum absolute atomic E-state index is 0.112. The van der Waals surface area contributed by atoms with E-state index in [-0.39, 0.29) is 12.5 Å². The van der Waals surface area contributed by atoms with E-state index in [9.17, 15) is 22.4 Å². The van der Waals surface area contributed by atoms with Crippen molar-refractivity contribution < 1.29 is 22.4 Å². The molecule has 0 radical (unpaired) electrons. The molecule has 7 heteroatoms. The van der Waals surface area contributed by atoms with Gasteiger partial charge in [0.05, 0.1) is 0 Å². The average Bonchev–Trinajstić information content (AvgIpc) is 2.52. The molecule has 122 valence electrons. The van der Waals surface area contributed by atoms with Gasteiger partial charge in [-0.1, -0.05) is 32.1 Å². The molecule has 1 aromatic carbocycles. The maximum Gasteiger partial charge on any atom is 0.238 e. The molecule has 2 rings (SSSR count). The van der Waals surface area contributed by atoms with Crippen LogP contribution in [0.3, 0.4) is 0 Å². The molecule has 0 bridgehead atoms. The second-order valence-corrected chi connectivity index (χ2v) is 5.56. The number of benzene rings is 1. The Labute approximate surface area is 126 Å². The van der Waals surface area contributed by atoms with Gasteiger partial charge in [-0.2, -0.15) is 0 Å². The highest BCUT2D eigenvalue weighted by molar-refractivity contribution is 5.77. The molecule has 1 aliphatic rings. The Balaban J connectivity index is 1.86. The fourth-order valence-electron chi connectivity index (χ4n) is 2.69. The van der Waals surface area contributed by atoms with Crippen LogP contribution in [0, 0.1) is 29.2 Å². The Morgan fingerprint density at radius 1 is 1.05 bits per heavy atom. The maximum atomic E-state index is 13.4. The number of amides is 1. The van der Waals surface area contributed by atoms with Crippen LogP contribution in [-0.4, -0.2) is 5.91 Å². The Kier molecular flexibility index (Phi) is 5.63. The van der Waals surface area contributed by atoms with Gasteiger partial charge in [0.25, 0.3) is 0 Å². The van der Waals surface area contributed by atoms with E-state index in [1.54, 1.807) is 0 Å². The van der Waals surface area contributed by atoms with Crippen molar-refractivity contribution in [3.8, 4) is 0 Å². The van der Waals surface area contributed by atoms with Gasteiger partial charge in [-0.15, -0.1) is 0 Å². The molecule has 1 amide bonds. The van der Waals surface area contributed by atoms with Gasteiger partial charge in [0.1, 0.15) is 5.69 Å². The van der Waals surface area contributed by atoms with Gasteiger partial charge in [-0.3, -0.25) is 15.6 Å². The summed E-state index contributed by atoms with van der Waals surface area (Å²) in [5, 5.41) is 0. The van der Waals surface area contributed by atoms with Crippen molar-refractivity contribution in [3.63, 3.8) is 0 Å². The average molecular weight is 318 g/mol. The zero-order valence-electron chi connectivity index (χ0n) is 12.0. The predicted octanol–water partition coefficient (Wildman–Crippen LogP) is 4.05. The molecule has 2 N–H and O–H groups in total. The molecule has 0 aliphatic heterocycles. The summed E-state index contributed by atoms with van der Waals surface area (Å²) in [7, 11) is 0. The van der Waals surface area contributed by atoms with E-state index in [1.165, 1.54) is 6.42 Å². The van der Waals surface area contributed by atoms with Crippen LogP contribution < -0.4 is 10.9 Å². The molecular formula is C15H18F4N2O. The van der Waals surface area contributed by atoms with Crippen molar-refractivity contribution in [2.75, 3.05) is 5.43 Å². The highest BCUT2D eigenvalue weighted by Gasteiger charge is 2.20. The molecule has 1 aromatic rings. The van der Waals surface area contributed by atoms with Gasteiger partial charge < -0.3 is 0 Å². The van der Waals surface area contributed by atoms with Crippen molar-refractivity contribution in [1.82, 2.24) is 5.43 Å². The lowest BCUT2D eigenvalue weighted by molar-refractivity contribution is -0.120. The first-order valence-electron chi connectivity index (χ1n) is 7.37. The number of anilines is 1. The number of halogens is 4. The number of hydrogen-bond acceptors (Lipinski definition) is 2. The van der Waals surface area contributed by atoms with E-state index in [1.807, 2.05) is 5.43 Å². The second-order valence-electron chi connectivity index (χ2n) is 5.56. The van der Waals surface area contributed by atoms with Crippen LogP contribution in [0.5, 0.6) is 0 Å². The summed E-state index contributed by atoms with van der Waals surface area (Å²) < 4.78 is 52.8. The summed E-state index contributed by atoms with van der Waals surface area (Å²) in [5.41, 5.74) is 2.95. The number of hydrazine groups is 1. The lowest BCUT2D eigenvalue weighted by Gasteiger charge is -2.21. The van der Waals surface area contributed by atoms with Crippen LogP contribution in [0.15, 0.2) is 6.07 Å². The first-order valence-corrected chi connectivity index (χ1v) is 7.37. The topological polar surface area (TPSA) is 41.1 Å².